The molecular weight excluding hydrogens is 255 g/mol. The van der Waals surface area contributed by atoms with Gasteiger partial charge < -0.3 is 0 Å². The van der Waals surface area contributed by atoms with Gasteiger partial charge in [0, 0.05) is 5.92 Å². The molecule has 2 aromatic carbocycles. The van der Waals surface area contributed by atoms with Crippen LogP contribution < -0.4 is 0 Å². The van der Waals surface area contributed by atoms with Crippen molar-refractivity contribution in [3.05, 3.63) is 71.8 Å². The maximum absolute atomic E-state index is 10.5. The van der Waals surface area contributed by atoms with E-state index in [9.17, 15) is 4.57 Å². The number of hydrogen-bond acceptors (Lipinski definition) is 2. The van der Waals surface area contributed by atoms with E-state index in [1.807, 2.05) is 24.3 Å². The highest BCUT2D eigenvalue weighted by Crippen LogP contribution is 2.23. The fourth-order valence-corrected chi connectivity index (χ4v) is 2.42. The molecule has 2 rings (SSSR count). The molecule has 1 atom stereocenters. The van der Waals surface area contributed by atoms with Crippen molar-refractivity contribution in [3.63, 3.8) is 0 Å². The molecule has 0 saturated heterocycles. The maximum atomic E-state index is 10.5. The molecule has 0 heterocycles. The van der Waals surface area contributed by atoms with E-state index in [1.165, 1.54) is 11.1 Å². The summed E-state index contributed by atoms with van der Waals surface area (Å²) in [6, 6.07) is 20.7. The Hall–Kier alpha value is -1.50. The van der Waals surface area contributed by atoms with Crippen LogP contribution >= 0.6 is 8.69 Å². The SMILES string of the molecule is O=POCC(CCc1ccccc1)c1ccccc1. The van der Waals surface area contributed by atoms with Gasteiger partial charge in [0.1, 0.15) is 0 Å². The molecule has 3 heteroatoms. The van der Waals surface area contributed by atoms with Gasteiger partial charge in [0.05, 0.1) is 6.61 Å². The summed E-state index contributed by atoms with van der Waals surface area (Å²) in [5, 5.41) is 0. The number of benzene rings is 2. The Morgan fingerprint density at radius 2 is 1.58 bits per heavy atom. The first-order valence-corrected chi connectivity index (χ1v) is 7.16. The second-order valence-corrected chi connectivity index (χ2v) is 4.91. The molecular formula is C16H17O2P. The van der Waals surface area contributed by atoms with Crippen molar-refractivity contribution in [2.24, 2.45) is 0 Å². The third-order valence-corrected chi connectivity index (χ3v) is 3.48. The van der Waals surface area contributed by atoms with Gasteiger partial charge in [-0.25, -0.2) is 4.57 Å². The van der Waals surface area contributed by atoms with Gasteiger partial charge in [-0.2, -0.15) is 0 Å². The summed E-state index contributed by atoms with van der Waals surface area (Å²) in [6.45, 7) is 0.488. The fourth-order valence-electron chi connectivity index (χ4n) is 2.18. The molecule has 0 amide bonds. The van der Waals surface area contributed by atoms with Crippen LogP contribution in [0.2, 0.25) is 0 Å². The zero-order valence-corrected chi connectivity index (χ0v) is 11.6. The predicted octanol–water partition coefficient (Wildman–Crippen LogP) is 4.63. The lowest BCUT2D eigenvalue weighted by Crippen LogP contribution is -2.06. The summed E-state index contributed by atoms with van der Waals surface area (Å²) < 4.78 is 15.5. The van der Waals surface area contributed by atoms with E-state index in [-0.39, 0.29) is 14.6 Å². The molecule has 0 bridgehead atoms. The lowest BCUT2D eigenvalue weighted by Gasteiger charge is -2.15. The van der Waals surface area contributed by atoms with Crippen molar-refractivity contribution < 1.29 is 9.09 Å². The second-order valence-electron chi connectivity index (χ2n) is 4.50. The van der Waals surface area contributed by atoms with Gasteiger partial charge in [-0.3, -0.25) is 4.52 Å². The molecule has 0 saturated carbocycles. The van der Waals surface area contributed by atoms with Crippen LogP contribution in [0.5, 0.6) is 0 Å². The third kappa shape index (κ3) is 4.59. The average molecular weight is 272 g/mol. The normalized spacial score (nSPS) is 12.4. The van der Waals surface area contributed by atoms with E-state index in [4.69, 9.17) is 4.52 Å². The number of rotatable bonds is 7. The highest BCUT2D eigenvalue weighted by molar-refractivity contribution is 7.17. The van der Waals surface area contributed by atoms with Crippen LogP contribution in [0.25, 0.3) is 0 Å². The van der Waals surface area contributed by atoms with Crippen LogP contribution in [-0.2, 0) is 15.5 Å². The van der Waals surface area contributed by atoms with Gasteiger partial charge in [-0.15, -0.1) is 0 Å². The molecule has 0 radical (unpaired) electrons. The van der Waals surface area contributed by atoms with Crippen molar-refractivity contribution in [3.8, 4) is 0 Å². The molecule has 2 aromatic rings. The van der Waals surface area contributed by atoms with Crippen molar-refractivity contribution in [2.75, 3.05) is 6.61 Å². The molecule has 2 nitrogen and oxygen atoms in total. The summed E-state index contributed by atoms with van der Waals surface area (Å²) >= 11 is 0. The van der Waals surface area contributed by atoms with Crippen LogP contribution in [0.15, 0.2) is 60.7 Å². The highest BCUT2D eigenvalue weighted by atomic mass is 31.1. The van der Waals surface area contributed by atoms with Gasteiger partial charge in [0.2, 0.25) is 0 Å². The molecule has 1 unspecified atom stereocenters. The largest absolute Gasteiger partial charge is 0.327 e. The van der Waals surface area contributed by atoms with Crippen LogP contribution in [0.1, 0.15) is 23.5 Å². The Kier molecular flexibility index (Phi) is 5.74. The minimum absolute atomic E-state index is 0.244. The molecule has 0 aliphatic rings. The quantitative estimate of drug-likeness (QED) is 0.687. The van der Waals surface area contributed by atoms with Gasteiger partial charge >= 0.3 is 8.69 Å². The molecule has 98 valence electrons. The summed E-state index contributed by atoms with van der Waals surface area (Å²) in [4.78, 5) is 0. The Labute approximate surface area is 115 Å². The monoisotopic (exact) mass is 272 g/mol. The zero-order chi connectivity index (χ0) is 13.3. The molecule has 19 heavy (non-hydrogen) atoms. The third-order valence-electron chi connectivity index (χ3n) is 3.22. The van der Waals surface area contributed by atoms with E-state index in [0.29, 0.717) is 6.61 Å². The number of aryl methyl sites for hydroxylation is 1. The van der Waals surface area contributed by atoms with Gasteiger partial charge in [-0.05, 0) is 24.0 Å². The molecule has 0 aromatic heterocycles. The predicted molar refractivity (Wildman–Crippen MR) is 77.5 cm³/mol. The Balaban J connectivity index is 2.00. The van der Waals surface area contributed by atoms with Crippen molar-refractivity contribution >= 4 is 8.69 Å². The lowest BCUT2D eigenvalue weighted by molar-refractivity contribution is 0.304. The first-order chi connectivity index (χ1) is 9.40. The van der Waals surface area contributed by atoms with Crippen LogP contribution in [0.3, 0.4) is 0 Å². The molecule has 0 spiro atoms. The standard InChI is InChI=1S/C16H17O2P/c17-19-18-13-16(15-9-5-2-6-10-15)12-11-14-7-3-1-4-8-14/h1-10,16H,11-13H2. The maximum Gasteiger partial charge on any atom is 0.327 e. The minimum Gasteiger partial charge on any atom is -0.294 e. The van der Waals surface area contributed by atoms with E-state index in [1.54, 1.807) is 0 Å². The molecule has 0 fully saturated rings. The Morgan fingerprint density at radius 1 is 0.947 bits per heavy atom. The summed E-state index contributed by atoms with van der Waals surface area (Å²) in [6.07, 6.45) is 1.99. The zero-order valence-electron chi connectivity index (χ0n) is 10.7. The van der Waals surface area contributed by atoms with Crippen molar-refractivity contribution in [1.82, 2.24) is 0 Å². The van der Waals surface area contributed by atoms with Crippen molar-refractivity contribution in [1.29, 1.82) is 0 Å². The summed E-state index contributed by atoms with van der Waals surface area (Å²) in [7, 11) is -0.244. The van der Waals surface area contributed by atoms with E-state index in [2.05, 4.69) is 36.4 Å². The summed E-state index contributed by atoms with van der Waals surface area (Å²) in [5.41, 5.74) is 2.56. The lowest BCUT2D eigenvalue weighted by atomic mass is 9.93. The topological polar surface area (TPSA) is 26.3 Å². The Bertz CT molecular complexity index is 485. The van der Waals surface area contributed by atoms with Crippen LogP contribution in [0, 0.1) is 0 Å². The molecule has 0 N–H and O–H groups in total. The molecule has 0 aliphatic heterocycles. The summed E-state index contributed by atoms with van der Waals surface area (Å²) in [5.74, 6) is 0.280. The second kappa shape index (κ2) is 7.83. The van der Waals surface area contributed by atoms with Crippen LogP contribution in [0.4, 0.5) is 0 Å². The van der Waals surface area contributed by atoms with Crippen LogP contribution in [-0.4, -0.2) is 6.61 Å². The minimum atomic E-state index is -0.244. The van der Waals surface area contributed by atoms with E-state index >= 15 is 0 Å². The first-order valence-electron chi connectivity index (χ1n) is 6.43. The van der Waals surface area contributed by atoms with Gasteiger partial charge in [0.25, 0.3) is 0 Å². The average Bonchev–Trinajstić information content (AvgIpc) is 2.49. The smallest absolute Gasteiger partial charge is 0.294 e. The van der Waals surface area contributed by atoms with Gasteiger partial charge in [-0.1, -0.05) is 60.7 Å². The molecule has 0 aliphatic carbocycles. The van der Waals surface area contributed by atoms with Gasteiger partial charge in [0.15, 0.2) is 0 Å². The van der Waals surface area contributed by atoms with E-state index < -0.39 is 0 Å². The fraction of sp³-hybridized carbons (Fsp3) is 0.250. The number of hydrogen-bond donors (Lipinski definition) is 0. The van der Waals surface area contributed by atoms with E-state index in [0.717, 1.165) is 12.8 Å². The Morgan fingerprint density at radius 3 is 2.21 bits per heavy atom. The first kappa shape index (κ1) is 13.9. The highest BCUT2D eigenvalue weighted by Gasteiger charge is 2.12. The van der Waals surface area contributed by atoms with Crippen molar-refractivity contribution in [2.45, 2.75) is 18.8 Å².